The number of nitro benzene ring substituents is 1. The van der Waals surface area contributed by atoms with Crippen LogP contribution in [0.3, 0.4) is 0 Å². The van der Waals surface area contributed by atoms with Gasteiger partial charge in [-0.1, -0.05) is 6.92 Å². The van der Waals surface area contributed by atoms with E-state index in [4.69, 9.17) is 4.74 Å². The Morgan fingerprint density at radius 3 is 2.71 bits per heavy atom. The van der Waals surface area contributed by atoms with Crippen LogP contribution in [-0.4, -0.2) is 37.1 Å². The van der Waals surface area contributed by atoms with Crippen LogP contribution in [0.4, 0.5) is 5.69 Å². The Kier molecular flexibility index (Phi) is 7.17. The second kappa shape index (κ2) is 8.91. The molecule has 0 aliphatic carbocycles. The van der Waals surface area contributed by atoms with Crippen LogP contribution in [0.15, 0.2) is 18.2 Å². The Balaban J connectivity index is 2.79. The van der Waals surface area contributed by atoms with Crippen LogP contribution in [0, 0.1) is 10.1 Å². The summed E-state index contributed by atoms with van der Waals surface area (Å²) in [5.41, 5.74) is 0.206. The number of rotatable bonds is 9. The third-order valence-electron chi connectivity index (χ3n) is 2.72. The number of amides is 1. The summed E-state index contributed by atoms with van der Waals surface area (Å²) in [6, 6.07) is 4.12. The normalized spacial score (nSPS) is 10.2. The summed E-state index contributed by atoms with van der Waals surface area (Å²) in [6.07, 6.45) is 1.01. The van der Waals surface area contributed by atoms with E-state index in [1.165, 1.54) is 18.2 Å². The number of carbonyl (C=O) groups is 1. The molecule has 0 spiro atoms. The highest BCUT2D eigenvalue weighted by atomic mass is 16.6. The molecule has 1 aromatic rings. The standard InChI is InChI=1S/C14H21N3O4/c1-3-7-15-8-9-21-13-10-11(14(18)16-4-2)5-6-12(13)17(19)20/h5-6,10,15H,3-4,7-9H2,1-2H3,(H,16,18). The lowest BCUT2D eigenvalue weighted by molar-refractivity contribution is -0.385. The quantitative estimate of drug-likeness (QED) is 0.411. The molecule has 0 heterocycles. The lowest BCUT2D eigenvalue weighted by atomic mass is 10.1. The monoisotopic (exact) mass is 295 g/mol. The third kappa shape index (κ3) is 5.39. The van der Waals surface area contributed by atoms with Crippen molar-refractivity contribution in [3.05, 3.63) is 33.9 Å². The van der Waals surface area contributed by atoms with Crippen molar-refractivity contribution in [3.63, 3.8) is 0 Å². The van der Waals surface area contributed by atoms with Crippen molar-refractivity contribution in [1.82, 2.24) is 10.6 Å². The average Bonchev–Trinajstić information content (AvgIpc) is 2.47. The summed E-state index contributed by atoms with van der Waals surface area (Å²) >= 11 is 0. The Morgan fingerprint density at radius 2 is 2.10 bits per heavy atom. The van der Waals surface area contributed by atoms with Crippen molar-refractivity contribution in [2.45, 2.75) is 20.3 Å². The number of nitro groups is 1. The van der Waals surface area contributed by atoms with Crippen molar-refractivity contribution in [2.24, 2.45) is 0 Å². The lowest BCUT2D eigenvalue weighted by Gasteiger charge is -2.09. The lowest BCUT2D eigenvalue weighted by Crippen LogP contribution is -2.23. The van der Waals surface area contributed by atoms with E-state index in [0.717, 1.165) is 13.0 Å². The molecule has 0 saturated carbocycles. The van der Waals surface area contributed by atoms with E-state index >= 15 is 0 Å². The number of nitrogens with zero attached hydrogens (tertiary/aromatic N) is 1. The van der Waals surface area contributed by atoms with Gasteiger partial charge in [0.15, 0.2) is 5.75 Å². The maximum atomic E-state index is 11.7. The van der Waals surface area contributed by atoms with E-state index in [1.54, 1.807) is 6.92 Å². The van der Waals surface area contributed by atoms with Gasteiger partial charge in [0.1, 0.15) is 6.61 Å². The van der Waals surface area contributed by atoms with Crippen molar-refractivity contribution in [3.8, 4) is 5.75 Å². The first kappa shape index (κ1) is 16.9. The molecule has 1 rings (SSSR count). The Morgan fingerprint density at radius 1 is 1.33 bits per heavy atom. The van der Waals surface area contributed by atoms with Crippen LogP contribution in [0.5, 0.6) is 5.75 Å². The number of carbonyl (C=O) groups excluding carboxylic acids is 1. The number of nitrogens with one attached hydrogen (secondary N) is 2. The van der Waals surface area contributed by atoms with Gasteiger partial charge in [0.2, 0.25) is 0 Å². The van der Waals surface area contributed by atoms with Gasteiger partial charge in [-0.2, -0.15) is 0 Å². The molecule has 7 heteroatoms. The molecule has 0 fully saturated rings. The van der Waals surface area contributed by atoms with Crippen LogP contribution >= 0.6 is 0 Å². The predicted octanol–water partition coefficient (Wildman–Crippen LogP) is 1.72. The van der Waals surface area contributed by atoms with Crippen molar-refractivity contribution in [1.29, 1.82) is 0 Å². The third-order valence-corrected chi connectivity index (χ3v) is 2.72. The Bertz CT molecular complexity index is 491. The zero-order valence-corrected chi connectivity index (χ0v) is 12.3. The molecular weight excluding hydrogens is 274 g/mol. The van der Waals surface area contributed by atoms with Gasteiger partial charge in [-0.05, 0) is 26.0 Å². The van der Waals surface area contributed by atoms with Gasteiger partial charge in [-0.15, -0.1) is 0 Å². The fraction of sp³-hybridized carbons (Fsp3) is 0.500. The molecule has 1 amide bonds. The minimum Gasteiger partial charge on any atom is -0.485 e. The molecular formula is C14H21N3O4. The largest absolute Gasteiger partial charge is 0.485 e. The maximum absolute atomic E-state index is 11.7. The van der Waals surface area contributed by atoms with E-state index in [1.807, 2.05) is 0 Å². The first-order valence-corrected chi connectivity index (χ1v) is 7.00. The molecule has 21 heavy (non-hydrogen) atoms. The second-order valence-electron chi connectivity index (χ2n) is 4.40. The van der Waals surface area contributed by atoms with E-state index in [9.17, 15) is 14.9 Å². The molecule has 0 bridgehead atoms. The zero-order chi connectivity index (χ0) is 15.7. The summed E-state index contributed by atoms with van der Waals surface area (Å²) in [4.78, 5) is 22.2. The summed E-state index contributed by atoms with van der Waals surface area (Å²) in [6.45, 7) is 6.11. The topological polar surface area (TPSA) is 93.5 Å². The molecule has 0 aliphatic heterocycles. The number of ether oxygens (including phenoxy) is 1. The SMILES string of the molecule is CCCNCCOc1cc(C(=O)NCC)ccc1[N+](=O)[O-]. The van der Waals surface area contributed by atoms with Gasteiger partial charge in [0.05, 0.1) is 4.92 Å². The van der Waals surface area contributed by atoms with Crippen molar-refractivity contribution in [2.75, 3.05) is 26.2 Å². The highest BCUT2D eigenvalue weighted by Crippen LogP contribution is 2.27. The minimum absolute atomic E-state index is 0.113. The maximum Gasteiger partial charge on any atom is 0.310 e. The number of hydrogen-bond donors (Lipinski definition) is 2. The van der Waals surface area contributed by atoms with E-state index < -0.39 is 4.92 Å². The van der Waals surface area contributed by atoms with Crippen LogP contribution in [0.2, 0.25) is 0 Å². The molecule has 2 N–H and O–H groups in total. The number of hydrogen-bond acceptors (Lipinski definition) is 5. The van der Waals surface area contributed by atoms with Crippen LogP contribution in [-0.2, 0) is 0 Å². The Labute approximate surface area is 123 Å². The highest BCUT2D eigenvalue weighted by molar-refractivity contribution is 5.95. The van der Waals surface area contributed by atoms with E-state index in [-0.39, 0.29) is 17.3 Å². The predicted molar refractivity (Wildman–Crippen MR) is 79.8 cm³/mol. The summed E-state index contributed by atoms with van der Waals surface area (Å²) in [5.74, 6) is -0.164. The van der Waals surface area contributed by atoms with Gasteiger partial charge in [-0.3, -0.25) is 14.9 Å². The fourth-order valence-electron chi connectivity index (χ4n) is 1.72. The minimum atomic E-state index is -0.518. The molecule has 1 aromatic carbocycles. The van der Waals surface area contributed by atoms with Gasteiger partial charge in [0, 0.05) is 30.8 Å². The van der Waals surface area contributed by atoms with Crippen LogP contribution < -0.4 is 15.4 Å². The first-order chi connectivity index (χ1) is 10.1. The molecule has 7 nitrogen and oxygen atoms in total. The molecule has 0 atom stereocenters. The van der Waals surface area contributed by atoms with Crippen LogP contribution in [0.25, 0.3) is 0 Å². The fourth-order valence-corrected chi connectivity index (χ4v) is 1.72. The van der Waals surface area contributed by atoms with Crippen LogP contribution in [0.1, 0.15) is 30.6 Å². The highest BCUT2D eigenvalue weighted by Gasteiger charge is 2.17. The summed E-state index contributed by atoms with van der Waals surface area (Å²) in [5, 5.41) is 16.8. The Hall–Kier alpha value is -2.15. The van der Waals surface area contributed by atoms with Crippen molar-refractivity contribution < 1.29 is 14.5 Å². The molecule has 0 aliphatic rings. The van der Waals surface area contributed by atoms with E-state index in [0.29, 0.717) is 25.3 Å². The molecule has 116 valence electrons. The van der Waals surface area contributed by atoms with Gasteiger partial charge >= 0.3 is 5.69 Å². The summed E-state index contributed by atoms with van der Waals surface area (Å²) < 4.78 is 5.43. The summed E-state index contributed by atoms with van der Waals surface area (Å²) in [7, 11) is 0. The molecule has 0 radical (unpaired) electrons. The number of benzene rings is 1. The smallest absolute Gasteiger partial charge is 0.310 e. The average molecular weight is 295 g/mol. The van der Waals surface area contributed by atoms with E-state index in [2.05, 4.69) is 17.6 Å². The first-order valence-electron chi connectivity index (χ1n) is 7.00. The van der Waals surface area contributed by atoms with Crippen molar-refractivity contribution >= 4 is 11.6 Å². The van der Waals surface area contributed by atoms with Gasteiger partial charge in [0.25, 0.3) is 5.91 Å². The zero-order valence-electron chi connectivity index (χ0n) is 12.3. The van der Waals surface area contributed by atoms with Gasteiger partial charge in [-0.25, -0.2) is 0 Å². The second-order valence-corrected chi connectivity index (χ2v) is 4.40. The van der Waals surface area contributed by atoms with Gasteiger partial charge < -0.3 is 15.4 Å². The molecule has 0 saturated heterocycles. The molecule has 0 unspecified atom stereocenters. The molecule has 0 aromatic heterocycles.